The Morgan fingerprint density at radius 1 is 1.29 bits per heavy atom. The lowest BCUT2D eigenvalue weighted by Gasteiger charge is -2.20. The van der Waals surface area contributed by atoms with Gasteiger partial charge in [0.25, 0.3) is 0 Å². The van der Waals surface area contributed by atoms with E-state index < -0.39 is 0 Å². The summed E-state index contributed by atoms with van der Waals surface area (Å²) in [6, 6.07) is 6.31. The number of hydrogen-bond donors (Lipinski definition) is 1. The van der Waals surface area contributed by atoms with Gasteiger partial charge in [0.2, 0.25) is 0 Å². The van der Waals surface area contributed by atoms with Gasteiger partial charge in [-0.2, -0.15) is 5.10 Å². The molecule has 0 aliphatic carbocycles. The summed E-state index contributed by atoms with van der Waals surface area (Å²) in [5.74, 6) is 0. The highest BCUT2D eigenvalue weighted by molar-refractivity contribution is 9.10. The van der Waals surface area contributed by atoms with Crippen LogP contribution in [0.25, 0.3) is 5.69 Å². The summed E-state index contributed by atoms with van der Waals surface area (Å²) in [6.45, 7) is 11.7. The van der Waals surface area contributed by atoms with Crippen molar-refractivity contribution in [2.45, 2.75) is 53.1 Å². The van der Waals surface area contributed by atoms with Crippen LogP contribution in [0.2, 0.25) is 0 Å². The predicted octanol–water partition coefficient (Wildman–Crippen LogP) is 4.39. The average molecular weight is 350 g/mol. The first kappa shape index (κ1) is 16.2. The Hall–Kier alpha value is -1.13. The van der Waals surface area contributed by atoms with Gasteiger partial charge in [-0.3, -0.25) is 0 Å². The lowest BCUT2D eigenvalue weighted by atomic mass is 10.1. The van der Waals surface area contributed by atoms with E-state index in [1.807, 2.05) is 6.20 Å². The number of aromatic nitrogens is 2. The Labute approximate surface area is 135 Å². The SMILES string of the molecule is CCc1c(CNC(C)(C)C)cnn1-c1ccc(Br)cc1C. The van der Waals surface area contributed by atoms with Gasteiger partial charge >= 0.3 is 0 Å². The number of hydrogen-bond acceptors (Lipinski definition) is 2. The minimum absolute atomic E-state index is 0.112. The van der Waals surface area contributed by atoms with Gasteiger partial charge in [-0.1, -0.05) is 22.9 Å². The molecule has 0 aliphatic rings. The van der Waals surface area contributed by atoms with Crippen LogP contribution in [-0.2, 0) is 13.0 Å². The largest absolute Gasteiger partial charge is 0.308 e. The molecule has 1 aromatic heterocycles. The lowest BCUT2D eigenvalue weighted by molar-refractivity contribution is 0.423. The van der Waals surface area contributed by atoms with E-state index in [0.717, 1.165) is 23.1 Å². The highest BCUT2D eigenvalue weighted by atomic mass is 79.9. The number of nitrogens with one attached hydrogen (secondary N) is 1. The molecular weight excluding hydrogens is 326 g/mol. The average Bonchev–Trinajstić information content (AvgIpc) is 2.78. The highest BCUT2D eigenvalue weighted by Gasteiger charge is 2.15. The molecule has 0 amide bonds. The molecule has 1 aromatic carbocycles. The van der Waals surface area contributed by atoms with Crippen molar-refractivity contribution < 1.29 is 0 Å². The number of halogens is 1. The number of rotatable bonds is 4. The van der Waals surface area contributed by atoms with Crippen LogP contribution in [0, 0.1) is 6.92 Å². The molecule has 0 spiro atoms. The molecule has 4 heteroatoms. The van der Waals surface area contributed by atoms with E-state index in [0.29, 0.717) is 0 Å². The van der Waals surface area contributed by atoms with E-state index in [1.165, 1.54) is 16.8 Å². The van der Waals surface area contributed by atoms with E-state index in [2.05, 4.69) is 83.8 Å². The number of benzene rings is 1. The molecule has 0 bridgehead atoms. The monoisotopic (exact) mass is 349 g/mol. The lowest BCUT2D eigenvalue weighted by Crippen LogP contribution is -2.35. The fourth-order valence-electron chi connectivity index (χ4n) is 2.36. The minimum atomic E-state index is 0.112. The summed E-state index contributed by atoms with van der Waals surface area (Å²) in [4.78, 5) is 0. The zero-order chi connectivity index (χ0) is 15.6. The van der Waals surface area contributed by atoms with E-state index in [9.17, 15) is 0 Å². The van der Waals surface area contributed by atoms with Crippen LogP contribution in [-0.4, -0.2) is 15.3 Å². The Morgan fingerprint density at radius 3 is 2.57 bits per heavy atom. The summed E-state index contributed by atoms with van der Waals surface area (Å²) >= 11 is 3.52. The third-order valence-electron chi connectivity index (χ3n) is 3.49. The first-order valence-corrected chi connectivity index (χ1v) is 8.18. The van der Waals surface area contributed by atoms with Gasteiger partial charge in [-0.15, -0.1) is 0 Å². The molecule has 0 fully saturated rings. The van der Waals surface area contributed by atoms with E-state index in [4.69, 9.17) is 0 Å². The topological polar surface area (TPSA) is 29.9 Å². The summed E-state index contributed by atoms with van der Waals surface area (Å²) in [5, 5.41) is 8.15. The molecule has 0 atom stereocenters. The molecule has 3 nitrogen and oxygen atoms in total. The molecule has 0 aliphatic heterocycles. The molecule has 2 aromatic rings. The Kier molecular flexibility index (Phi) is 4.89. The molecule has 0 unspecified atom stereocenters. The van der Waals surface area contributed by atoms with Gasteiger partial charge in [-0.25, -0.2) is 4.68 Å². The smallest absolute Gasteiger partial charge is 0.0678 e. The van der Waals surface area contributed by atoms with Crippen molar-refractivity contribution in [1.29, 1.82) is 0 Å². The minimum Gasteiger partial charge on any atom is -0.308 e. The second kappa shape index (κ2) is 6.32. The molecular formula is C17H24BrN3. The molecule has 0 radical (unpaired) electrons. The molecule has 0 saturated carbocycles. The van der Waals surface area contributed by atoms with Crippen LogP contribution in [0.5, 0.6) is 0 Å². The first-order valence-electron chi connectivity index (χ1n) is 7.39. The predicted molar refractivity (Wildman–Crippen MR) is 92.0 cm³/mol. The van der Waals surface area contributed by atoms with Gasteiger partial charge < -0.3 is 5.32 Å². The van der Waals surface area contributed by atoms with Crippen molar-refractivity contribution in [2.24, 2.45) is 0 Å². The molecule has 1 heterocycles. The van der Waals surface area contributed by atoms with Gasteiger partial charge in [0.15, 0.2) is 0 Å². The first-order chi connectivity index (χ1) is 9.81. The van der Waals surface area contributed by atoms with Crippen LogP contribution >= 0.6 is 15.9 Å². The Morgan fingerprint density at radius 2 is 2.00 bits per heavy atom. The maximum absolute atomic E-state index is 4.61. The fourth-order valence-corrected chi connectivity index (χ4v) is 2.83. The second-order valence-corrected chi connectivity index (χ2v) is 7.33. The maximum atomic E-state index is 4.61. The van der Waals surface area contributed by atoms with Crippen LogP contribution in [0.3, 0.4) is 0 Å². The van der Waals surface area contributed by atoms with Crippen LogP contribution < -0.4 is 5.32 Å². The van der Waals surface area contributed by atoms with Gasteiger partial charge in [-0.05, 0) is 57.9 Å². The maximum Gasteiger partial charge on any atom is 0.0678 e. The summed E-state index contributed by atoms with van der Waals surface area (Å²) < 4.78 is 3.17. The third-order valence-corrected chi connectivity index (χ3v) is 3.98. The van der Waals surface area contributed by atoms with E-state index >= 15 is 0 Å². The summed E-state index contributed by atoms with van der Waals surface area (Å²) in [7, 11) is 0. The van der Waals surface area contributed by atoms with Crippen LogP contribution in [0.4, 0.5) is 0 Å². The Bertz CT molecular complexity index is 623. The van der Waals surface area contributed by atoms with Crippen molar-refractivity contribution >= 4 is 15.9 Å². The van der Waals surface area contributed by atoms with Crippen molar-refractivity contribution in [3.05, 3.63) is 45.7 Å². The van der Waals surface area contributed by atoms with Gasteiger partial charge in [0.05, 0.1) is 11.9 Å². The zero-order valence-corrected chi connectivity index (χ0v) is 15.1. The van der Waals surface area contributed by atoms with Crippen molar-refractivity contribution in [3.63, 3.8) is 0 Å². The number of nitrogens with zero attached hydrogens (tertiary/aromatic N) is 2. The normalized spacial score (nSPS) is 11.9. The quantitative estimate of drug-likeness (QED) is 0.886. The van der Waals surface area contributed by atoms with Gasteiger partial charge in [0.1, 0.15) is 0 Å². The van der Waals surface area contributed by atoms with Crippen molar-refractivity contribution in [1.82, 2.24) is 15.1 Å². The zero-order valence-electron chi connectivity index (χ0n) is 13.5. The third kappa shape index (κ3) is 3.95. The van der Waals surface area contributed by atoms with Crippen LogP contribution in [0.15, 0.2) is 28.9 Å². The number of aryl methyl sites for hydroxylation is 1. The molecule has 1 N–H and O–H groups in total. The van der Waals surface area contributed by atoms with E-state index in [-0.39, 0.29) is 5.54 Å². The molecule has 21 heavy (non-hydrogen) atoms. The van der Waals surface area contributed by atoms with Crippen molar-refractivity contribution in [3.8, 4) is 5.69 Å². The molecule has 2 rings (SSSR count). The molecule has 114 valence electrons. The standard InChI is InChI=1S/C17H24BrN3/c1-6-15-13(10-19-17(3,4)5)11-20-21(15)16-8-7-14(18)9-12(16)2/h7-9,11,19H,6,10H2,1-5H3. The van der Waals surface area contributed by atoms with Crippen molar-refractivity contribution in [2.75, 3.05) is 0 Å². The Balaban J connectivity index is 2.35. The van der Waals surface area contributed by atoms with Gasteiger partial charge in [0, 0.05) is 27.8 Å². The van der Waals surface area contributed by atoms with Crippen LogP contribution in [0.1, 0.15) is 44.5 Å². The highest BCUT2D eigenvalue weighted by Crippen LogP contribution is 2.22. The summed E-state index contributed by atoms with van der Waals surface area (Å²) in [6.07, 6.45) is 2.95. The second-order valence-electron chi connectivity index (χ2n) is 6.42. The molecule has 0 saturated heterocycles. The van der Waals surface area contributed by atoms with E-state index in [1.54, 1.807) is 0 Å². The summed E-state index contributed by atoms with van der Waals surface area (Å²) in [5.41, 5.74) is 5.03. The fraction of sp³-hybridized carbons (Fsp3) is 0.471.